The Labute approximate surface area is 250 Å². The van der Waals surface area contributed by atoms with Crippen molar-refractivity contribution in [2.75, 3.05) is 31.1 Å². The molecule has 3 saturated heterocycles. The van der Waals surface area contributed by atoms with Gasteiger partial charge in [0.1, 0.15) is 6.04 Å². The van der Waals surface area contributed by atoms with Gasteiger partial charge < -0.3 is 19.8 Å². The zero-order valence-electron chi connectivity index (χ0n) is 25.2. The van der Waals surface area contributed by atoms with Gasteiger partial charge in [-0.05, 0) is 65.5 Å². The van der Waals surface area contributed by atoms with Gasteiger partial charge in [0.2, 0.25) is 17.7 Å². The van der Waals surface area contributed by atoms with Crippen LogP contribution in [0.3, 0.4) is 0 Å². The molecule has 0 aliphatic carbocycles. The second-order valence-electron chi connectivity index (χ2n) is 12.9. The van der Waals surface area contributed by atoms with E-state index in [0.29, 0.717) is 19.6 Å². The zero-order chi connectivity index (χ0) is 30.0. The number of hydrogen-bond donors (Lipinski definition) is 1. The summed E-state index contributed by atoms with van der Waals surface area (Å²) in [5.41, 5.74) is 0.330. The monoisotopic (exact) mass is 581 g/mol. The van der Waals surface area contributed by atoms with Crippen LogP contribution >= 0.6 is 11.8 Å². The molecule has 2 bridgehead atoms. The van der Waals surface area contributed by atoms with Crippen molar-refractivity contribution in [2.24, 2.45) is 11.8 Å². The van der Waals surface area contributed by atoms with Crippen molar-refractivity contribution in [1.29, 1.82) is 0 Å². The van der Waals surface area contributed by atoms with Crippen molar-refractivity contribution in [2.45, 2.75) is 87.3 Å². The van der Waals surface area contributed by atoms with Crippen LogP contribution in [0, 0.1) is 11.8 Å². The number of carbonyl (C=O) groups is 3. The highest BCUT2D eigenvalue weighted by Crippen LogP contribution is 2.71. The van der Waals surface area contributed by atoms with Gasteiger partial charge in [-0.15, -0.1) is 24.9 Å². The van der Waals surface area contributed by atoms with Crippen LogP contribution in [0.15, 0.2) is 55.6 Å². The van der Waals surface area contributed by atoms with Gasteiger partial charge in [0, 0.05) is 42.2 Å². The fourth-order valence-corrected chi connectivity index (χ4v) is 9.61. The molecule has 3 aliphatic rings. The Kier molecular flexibility index (Phi) is 9.44. The lowest BCUT2D eigenvalue weighted by Crippen LogP contribution is -2.59. The summed E-state index contributed by atoms with van der Waals surface area (Å²) in [6.07, 6.45) is 8.19. The SMILES string of the molecule is C=CCN(C(=O)[C@@H]1[C@H]2C(=O)N(CCCCCCO)C(C(=O)N(CC=C)C(C)(C)C)C23CC[C@@]1(C)S3)c1ccccc1. The number of thioether (sulfide) groups is 1. The molecule has 3 aliphatic heterocycles. The normalized spacial score (nSPS) is 28.5. The van der Waals surface area contributed by atoms with Crippen LogP contribution < -0.4 is 4.90 Å². The number of carbonyl (C=O) groups excluding carboxylic acids is 3. The van der Waals surface area contributed by atoms with Crippen molar-refractivity contribution in [3.63, 3.8) is 0 Å². The predicted molar refractivity (Wildman–Crippen MR) is 167 cm³/mol. The second-order valence-corrected chi connectivity index (χ2v) is 14.8. The van der Waals surface area contributed by atoms with Gasteiger partial charge >= 0.3 is 0 Å². The number of unbranched alkanes of at least 4 members (excludes halogenated alkanes) is 3. The van der Waals surface area contributed by atoms with Gasteiger partial charge in [0.05, 0.1) is 16.6 Å². The number of aliphatic hydroxyl groups is 1. The number of benzene rings is 1. The first-order chi connectivity index (χ1) is 19.5. The van der Waals surface area contributed by atoms with Crippen LogP contribution in [0.5, 0.6) is 0 Å². The number of nitrogens with zero attached hydrogens (tertiary/aromatic N) is 3. The molecule has 0 aromatic heterocycles. The van der Waals surface area contributed by atoms with Crippen LogP contribution in [0.25, 0.3) is 0 Å². The fourth-order valence-electron chi connectivity index (χ4n) is 7.27. The third-order valence-electron chi connectivity index (χ3n) is 9.12. The summed E-state index contributed by atoms with van der Waals surface area (Å²) in [6, 6.07) is 8.93. The molecule has 0 radical (unpaired) electrons. The van der Waals surface area contributed by atoms with Gasteiger partial charge in [-0.3, -0.25) is 14.4 Å². The number of hydrogen-bond acceptors (Lipinski definition) is 5. The topological polar surface area (TPSA) is 81.2 Å². The van der Waals surface area contributed by atoms with Gasteiger partial charge in [0.15, 0.2) is 0 Å². The third-order valence-corrected chi connectivity index (χ3v) is 11.1. The number of aliphatic hydroxyl groups excluding tert-OH is 1. The maximum absolute atomic E-state index is 14.6. The minimum Gasteiger partial charge on any atom is -0.396 e. The highest BCUT2D eigenvalue weighted by Gasteiger charge is 2.77. The minimum atomic E-state index is -0.657. The first-order valence-corrected chi connectivity index (χ1v) is 15.8. The number of likely N-dealkylation sites (tertiary alicyclic amines) is 1. The molecule has 1 N–H and O–H groups in total. The lowest BCUT2D eigenvalue weighted by Gasteiger charge is -2.42. The molecule has 7 nitrogen and oxygen atoms in total. The van der Waals surface area contributed by atoms with E-state index in [1.165, 1.54) is 0 Å². The van der Waals surface area contributed by atoms with E-state index in [1.54, 1.807) is 28.8 Å². The number of fused-ring (bicyclic) bond motifs is 1. The molecule has 1 aromatic carbocycles. The number of rotatable bonds is 13. The second kappa shape index (κ2) is 12.3. The summed E-state index contributed by atoms with van der Waals surface area (Å²) < 4.78 is -1.10. The first-order valence-electron chi connectivity index (χ1n) is 15.0. The minimum absolute atomic E-state index is 0.0561. The molecule has 0 saturated carbocycles. The average molecular weight is 582 g/mol. The molecule has 224 valence electrons. The van der Waals surface area contributed by atoms with E-state index in [0.717, 1.165) is 44.2 Å². The fraction of sp³-hybridized carbons (Fsp3) is 0.606. The smallest absolute Gasteiger partial charge is 0.247 e. The molecule has 1 spiro atoms. The molecule has 5 atom stereocenters. The number of anilines is 1. The van der Waals surface area contributed by atoms with Crippen molar-refractivity contribution in [3.05, 3.63) is 55.6 Å². The quantitative estimate of drug-likeness (QED) is 0.260. The van der Waals surface area contributed by atoms with Crippen molar-refractivity contribution in [1.82, 2.24) is 9.80 Å². The lowest BCUT2D eigenvalue weighted by molar-refractivity contribution is -0.145. The maximum atomic E-state index is 14.6. The standard InChI is InChI=1S/C33H47N3O4S/c1-7-20-34(24-16-12-11-13-17-24)28(38)25-26-29(39)35(22-14-9-10-15-23-37)27(33(26)19-18-32(25,6)41-33)30(40)36(21-8-2)31(3,4)5/h7-8,11-13,16-17,25-27,37H,1-2,9-10,14-15,18-23H2,3-6H3/t25-,26-,27?,32+,33?/m0/s1. The third kappa shape index (κ3) is 5.62. The summed E-state index contributed by atoms with van der Waals surface area (Å²) in [4.78, 5) is 49.0. The Morgan fingerprint density at radius 3 is 2.32 bits per heavy atom. The van der Waals surface area contributed by atoms with Gasteiger partial charge in [0.25, 0.3) is 0 Å². The Bertz CT molecular complexity index is 1150. The Hall–Kier alpha value is -2.58. The highest BCUT2D eigenvalue weighted by molar-refractivity contribution is 8.02. The van der Waals surface area contributed by atoms with E-state index in [2.05, 4.69) is 20.1 Å². The average Bonchev–Trinajstić information content (AvgIpc) is 3.50. The molecule has 3 amide bonds. The molecule has 41 heavy (non-hydrogen) atoms. The van der Waals surface area contributed by atoms with Gasteiger partial charge in [-0.1, -0.05) is 43.2 Å². The van der Waals surface area contributed by atoms with E-state index < -0.39 is 32.9 Å². The number of amides is 3. The molecule has 1 aromatic rings. The van der Waals surface area contributed by atoms with Crippen LogP contribution in [-0.2, 0) is 14.4 Å². The van der Waals surface area contributed by atoms with Crippen LogP contribution in [0.4, 0.5) is 5.69 Å². The van der Waals surface area contributed by atoms with Crippen molar-refractivity contribution < 1.29 is 19.5 Å². The van der Waals surface area contributed by atoms with E-state index in [9.17, 15) is 19.5 Å². The van der Waals surface area contributed by atoms with Crippen LogP contribution in [0.1, 0.15) is 66.2 Å². The molecule has 3 fully saturated rings. The lowest BCUT2D eigenvalue weighted by atomic mass is 9.66. The maximum Gasteiger partial charge on any atom is 0.247 e. The Morgan fingerprint density at radius 1 is 1.05 bits per heavy atom. The summed E-state index contributed by atoms with van der Waals surface area (Å²) in [5, 5.41) is 9.20. The summed E-state index contributed by atoms with van der Waals surface area (Å²) in [7, 11) is 0. The summed E-state index contributed by atoms with van der Waals surface area (Å²) in [5.74, 6) is -1.29. The molecule has 4 rings (SSSR count). The van der Waals surface area contributed by atoms with Gasteiger partial charge in [-0.2, -0.15) is 0 Å². The van der Waals surface area contributed by atoms with E-state index >= 15 is 0 Å². The molecule has 8 heteroatoms. The van der Waals surface area contributed by atoms with Gasteiger partial charge in [-0.25, -0.2) is 0 Å². The highest BCUT2D eigenvalue weighted by atomic mass is 32.2. The molecular weight excluding hydrogens is 534 g/mol. The van der Waals surface area contributed by atoms with E-state index in [1.807, 2.05) is 60.9 Å². The van der Waals surface area contributed by atoms with Crippen molar-refractivity contribution in [3.8, 4) is 0 Å². The zero-order valence-corrected chi connectivity index (χ0v) is 26.0. The number of para-hydroxylation sites is 1. The summed E-state index contributed by atoms with van der Waals surface area (Å²) in [6.45, 7) is 17.3. The molecule has 3 heterocycles. The molecular formula is C33H47N3O4S. The van der Waals surface area contributed by atoms with Crippen LogP contribution in [0.2, 0.25) is 0 Å². The molecule has 2 unspecified atom stereocenters. The van der Waals surface area contributed by atoms with E-state index in [-0.39, 0.29) is 24.3 Å². The first kappa shape index (κ1) is 31.4. The van der Waals surface area contributed by atoms with E-state index in [4.69, 9.17) is 0 Å². The largest absolute Gasteiger partial charge is 0.396 e. The van der Waals surface area contributed by atoms with Crippen LogP contribution in [-0.4, -0.2) is 79.9 Å². The van der Waals surface area contributed by atoms with Crippen molar-refractivity contribution >= 4 is 35.2 Å². The predicted octanol–water partition coefficient (Wildman–Crippen LogP) is 5.05. The summed E-state index contributed by atoms with van der Waals surface area (Å²) >= 11 is 1.71. The Morgan fingerprint density at radius 2 is 1.71 bits per heavy atom. The Balaban J connectivity index is 1.76.